The van der Waals surface area contributed by atoms with Crippen LogP contribution in [0.2, 0.25) is 0 Å². The van der Waals surface area contributed by atoms with Gasteiger partial charge in [-0.2, -0.15) is 10.1 Å². The van der Waals surface area contributed by atoms with Gasteiger partial charge in [-0.05, 0) is 45.9 Å². The topological polar surface area (TPSA) is 144 Å². The van der Waals surface area contributed by atoms with E-state index in [1.807, 2.05) is 0 Å². The first-order valence-electron chi connectivity index (χ1n) is 11.0. The fraction of sp³-hybridized carbons (Fsp3) is 0.500. The largest absolute Gasteiger partial charge is 0.462 e. The lowest BCUT2D eigenvalue weighted by Gasteiger charge is -2.24. The second-order valence-corrected chi connectivity index (χ2v) is 10.4. The number of nitrogens with two attached hydrogens (primary N) is 1. The number of rotatable bonds is 10. The number of aromatic nitrogens is 2. The van der Waals surface area contributed by atoms with Gasteiger partial charge in [0.2, 0.25) is 0 Å². The Balaban J connectivity index is 1.74. The minimum absolute atomic E-state index is 0.000113. The number of anilines is 1. The summed E-state index contributed by atoms with van der Waals surface area (Å²) in [6, 6.07) is 8.55. The first-order chi connectivity index (χ1) is 16.4. The van der Waals surface area contributed by atoms with Crippen molar-refractivity contribution >= 4 is 19.5 Å². The standard InChI is InChI=1S/C22H30FN4O7P/c1-14(2)32-19(28)15(3)26-35(30,34-16-8-6-5-7-9-16)31-13-17-12-22(4,23)20(33-17)27-11-10-18(24)25-21(27)29/h5-11,14-15,17,20H,12-13H2,1-4H3,(H,26,30)(H2,24,25,29)/t15?,17?,20-,22-,35?/m1/s1. The monoisotopic (exact) mass is 512 g/mol. The number of alkyl halides is 1. The maximum Gasteiger partial charge on any atom is 0.459 e. The summed E-state index contributed by atoms with van der Waals surface area (Å²) in [5.41, 5.74) is 2.78. The highest BCUT2D eigenvalue weighted by Gasteiger charge is 2.48. The van der Waals surface area contributed by atoms with Gasteiger partial charge in [-0.3, -0.25) is 13.9 Å². The number of esters is 1. The molecule has 13 heteroatoms. The van der Waals surface area contributed by atoms with Crippen molar-refractivity contribution in [2.24, 2.45) is 0 Å². The fourth-order valence-corrected chi connectivity index (χ4v) is 5.01. The Labute approximate surface area is 202 Å². The minimum Gasteiger partial charge on any atom is -0.462 e. The van der Waals surface area contributed by atoms with Crippen molar-refractivity contribution in [2.45, 2.75) is 64.3 Å². The number of carbonyl (C=O) groups excluding carboxylic acids is 1. The van der Waals surface area contributed by atoms with E-state index < -0.39 is 43.4 Å². The molecule has 0 aliphatic carbocycles. The van der Waals surface area contributed by atoms with Gasteiger partial charge in [-0.1, -0.05) is 18.2 Å². The molecule has 0 spiro atoms. The van der Waals surface area contributed by atoms with Crippen LogP contribution in [-0.4, -0.2) is 46.0 Å². The summed E-state index contributed by atoms with van der Waals surface area (Å²) in [6.45, 7) is 5.76. The lowest BCUT2D eigenvalue weighted by molar-refractivity contribution is -0.149. The van der Waals surface area contributed by atoms with E-state index in [1.54, 1.807) is 44.2 Å². The van der Waals surface area contributed by atoms with Crippen LogP contribution in [0.25, 0.3) is 0 Å². The Hall–Kier alpha value is -2.79. The Bertz CT molecular complexity index is 1130. The van der Waals surface area contributed by atoms with E-state index in [0.29, 0.717) is 0 Å². The van der Waals surface area contributed by atoms with E-state index in [0.717, 1.165) is 4.57 Å². The molecule has 1 aromatic heterocycles. The molecule has 0 amide bonds. The van der Waals surface area contributed by atoms with Gasteiger partial charge >= 0.3 is 19.4 Å². The molecule has 3 rings (SSSR count). The van der Waals surface area contributed by atoms with Crippen molar-refractivity contribution in [3.63, 3.8) is 0 Å². The molecule has 5 atom stereocenters. The molecule has 3 N–H and O–H groups in total. The SMILES string of the molecule is CC(C)OC(=O)C(C)NP(=O)(OCC1C[C@@](C)(F)[C@H](n2ccc(N)nc2=O)O1)Oc1ccccc1. The van der Waals surface area contributed by atoms with Crippen LogP contribution in [0.1, 0.15) is 40.3 Å². The number of ether oxygens (including phenoxy) is 2. The highest BCUT2D eigenvalue weighted by Crippen LogP contribution is 2.47. The van der Waals surface area contributed by atoms with Crippen molar-refractivity contribution in [2.75, 3.05) is 12.3 Å². The molecule has 1 aromatic carbocycles. The summed E-state index contributed by atoms with van der Waals surface area (Å²) < 4.78 is 51.9. The zero-order chi connectivity index (χ0) is 25.8. The smallest absolute Gasteiger partial charge is 0.459 e. The average Bonchev–Trinajstić information content (AvgIpc) is 3.06. The number of carbonyl (C=O) groups is 1. The molecule has 3 unspecified atom stereocenters. The lowest BCUT2D eigenvalue weighted by Crippen LogP contribution is -2.36. The van der Waals surface area contributed by atoms with Crippen LogP contribution in [-0.2, 0) is 23.4 Å². The molecule has 11 nitrogen and oxygen atoms in total. The molecule has 192 valence electrons. The van der Waals surface area contributed by atoms with Gasteiger partial charge in [-0.25, -0.2) is 13.8 Å². The number of nitrogens with one attached hydrogen (secondary N) is 1. The number of nitrogens with zero attached hydrogens (tertiary/aromatic N) is 2. The molecule has 1 fully saturated rings. The third kappa shape index (κ3) is 7.11. The number of hydrogen-bond acceptors (Lipinski definition) is 9. The highest BCUT2D eigenvalue weighted by atomic mass is 31.2. The van der Waals surface area contributed by atoms with Crippen molar-refractivity contribution in [3.8, 4) is 5.75 Å². The maximum atomic E-state index is 15.3. The number of hydrogen-bond donors (Lipinski definition) is 2. The Morgan fingerprint density at radius 3 is 2.66 bits per heavy atom. The molecule has 1 aliphatic rings. The third-order valence-electron chi connectivity index (χ3n) is 5.02. The molecule has 1 saturated heterocycles. The first kappa shape index (κ1) is 26.8. The van der Waals surface area contributed by atoms with Gasteiger partial charge in [0.25, 0.3) is 0 Å². The van der Waals surface area contributed by atoms with Gasteiger partial charge in [0, 0.05) is 12.6 Å². The molecular weight excluding hydrogens is 482 g/mol. The van der Waals surface area contributed by atoms with Crippen molar-refractivity contribution in [1.29, 1.82) is 0 Å². The summed E-state index contributed by atoms with van der Waals surface area (Å²) in [4.78, 5) is 28.0. The van der Waals surface area contributed by atoms with Crippen LogP contribution < -0.4 is 21.0 Å². The average molecular weight is 512 g/mol. The molecular formula is C22H30FN4O7P. The van der Waals surface area contributed by atoms with E-state index >= 15 is 4.39 Å². The summed E-state index contributed by atoms with van der Waals surface area (Å²) in [5.74, 6) is -0.420. The summed E-state index contributed by atoms with van der Waals surface area (Å²) in [5, 5.41) is 2.56. The molecule has 2 heterocycles. The molecule has 0 bridgehead atoms. The van der Waals surface area contributed by atoms with E-state index in [9.17, 15) is 14.2 Å². The van der Waals surface area contributed by atoms with E-state index in [2.05, 4.69) is 10.1 Å². The van der Waals surface area contributed by atoms with E-state index in [4.69, 9.17) is 24.3 Å². The number of para-hydroxylation sites is 1. The number of halogens is 1. The Morgan fingerprint density at radius 2 is 2.03 bits per heavy atom. The van der Waals surface area contributed by atoms with Crippen LogP contribution in [0.4, 0.5) is 10.2 Å². The van der Waals surface area contributed by atoms with E-state index in [-0.39, 0.29) is 30.7 Å². The maximum absolute atomic E-state index is 15.3. The van der Waals surface area contributed by atoms with Crippen molar-refractivity contribution in [1.82, 2.24) is 14.6 Å². The lowest BCUT2D eigenvalue weighted by atomic mass is 10.0. The molecule has 0 saturated carbocycles. The van der Waals surface area contributed by atoms with Gasteiger partial charge in [0.05, 0.1) is 18.8 Å². The number of nitrogen functional groups attached to an aromatic ring is 1. The van der Waals surface area contributed by atoms with E-state index in [1.165, 1.54) is 26.1 Å². The second kappa shape index (κ2) is 10.9. The van der Waals surface area contributed by atoms with Gasteiger partial charge in [-0.15, -0.1) is 0 Å². The molecule has 35 heavy (non-hydrogen) atoms. The predicted octanol–water partition coefficient (Wildman–Crippen LogP) is 2.97. The second-order valence-electron chi connectivity index (χ2n) is 8.67. The summed E-state index contributed by atoms with van der Waals surface area (Å²) in [7, 11) is -4.15. The molecule has 2 aromatic rings. The Morgan fingerprint density at radius 1 is 1.34 bits per heavy atom. The predicted molar refractivity (Wildman–Crippen MR) is 125 cm³/mol. The zero-order valence-electron chi connectivity index (χ0n) is 19.9. The van der Waals surface area contributed by atoms with Crippen LogP contribution in [0.5, 0.6) is 5.75 Å². The Kier molecular flexibility index (Phi) is 8.32. The van der Waals surface area contributed by atoms with Gasteiger partial charge in [0.1, 0.15) is 17.6 Å². The summed E-state index contributed by atoms with van der Waals surface area (Å²) in [6.07, 6.45) is -1.42. The minimum atomic E-state index is -4.15. The quantitative estimate of drug-likeness (QED) is 0.360. The summed E-state index contributed by atoms with van der Waals surface area (Å²) >= 11 is 0. The van der Waals surface area contributed by atoms with Crippen molar-refractivity contribution in [3.05, 3.63) is 53.1 Å². The third-order valence-corrected chi connectivity index (χ3v) is 6.67. The van der Waals surface area contributed by atoms with Crippen LogP contribution in [0.3, 0.4) is 0 Å². The van der Waals surface area contributed by atoms with Crippen LogP contribution >= 0.6 is 7.75 Å². The highest BCUT2D eigenvalue weighted by molar-refractivity contribution is 7.52. The molecule has 1 aliphatic heterocycles. The van der Waals surface area contributed by atoms with Crippen LogP contribution in [0, 0.1) is 0 Å². The first-order valence-corrected chi connectivity index (χ1v) is 12.6. The molecule has 0 radical (unpaired) electrons. The van der Waals surface area contributed by atoms with Crippen molar-refractivity contribution < 1.29 is 32.3 Å². The number of benzene rings is 1. The van der Waals surface area contributed by atoms with Gasteiger partial charge < -0.3 is 19.7 Å². The normalized spacial score (nSPS) is 24.6. The fourth-order valence-electron chi connectivity index (χ4n) is 3.49. The van der Waals surface area contributed by atoms with Crippen LogP contribution in [0.15, 0.2) is 47.4 Å². The van der Waals surface area contributed by atoms with Gasteiger partial charge in [0.15, 0.2) is 11.9 Å². The zero-order valence-corrected chi connectivity index (χ0v) is 20.8.